The first-order chi connectivity index (χ1) is 12.5. The highest BCUT2D eigenvalue weighted by atomic mass is 19.4. The van der Waals surface area contributed by atoms with Crippen molar-refractivity contribution in [2.24, 2.45) is 0 Å². The van der Waals surface area contributed by atoms with E-state index in [4.69, 9.17) is 5.11 Å². The first kappa shape index (κ1) is 20.7. The fraction of sp³-hybridized carbons (Fsp3) is 0.400. The normalized spacial score (nSPS) is 12.3. The number of benzene rings is 1. The molecule has 27 heavy (non-hydrogen) atoms. The van der Waals surface area contributed by atoms with E-state index in [-0.39, 0.29) is 24.5 Å². The number of aliphatic hydroxyl groups is 1. The van der Waals surface area contributed by atoms with Crippen LogP contribution in [0.15, 0.2) is 28.8 Å². The largest absolute Gasteiger partial charge is 0.471 e. The minimum absolute atomic E-state index is 0.188. The van der Waals surface area contributed by atoms with Crippen molar-refractivity contribution in [1.82, 2.24) is 15.0 Å². The molecule has 0 aliphatic rings. The van der Waals surface area contributed by atoms with Gasteiger partial charge in [0.25, 0.3) is 0 Å². The van der Waals surface area contributed by atoms with Crippen molar-refractivity contribution in [1.29, 1.82) is 0 Å². The molecule has 1 aromatic heterocycles. The van der Waals surface area contributed by atoms with Crippen LogP contribution in [0.5, 0.6) is 0 Å². The van der Waals surface area contributed by atoms with Crippen LogP contribution in [0.3, 0.4) is 0 Å². The highest BCUT2D eigenvalue weighted by molar-refractivity contribution is 5.76. The van der Waals surface area contributed by atoms with E-state index >= 15 is 0 Å². The van der Waals surface area contributed by atoms with Crippen molar-refractivity contribution in [3.8, 4) is 11.4 Å². The summed E-state index contributed by atoms with van der Waals surface area (Å²) in [6.07, 6.45) is -11.1. The zero-order valence-electron chi connectivity index (χ0n) is 13.5. The number of alkyl halides is 6. The molecule has 1 amide bonds. The fourth-order valence-electron chi connectivity index (χ4n) is 2.13. The van der Waals surface area contributed by atoms with E-state index in [1.165, 1.54) is 24.3 Å². The highest BCUT2D eigenvalue weighted by Crippen LogP contribution is 2.29. The van der Waals surface area contributed by atoms with Crippen LogP contribution >= 0.6 is 0 Å². The molecular weight excluding hydrogens is 384 g/mol. The number of hydrogen-bond donors (Lipinski definition) is 1. The number of rotatable bonds is 6. The Kier molecular flexibility index (Phi) is 6.08. The van der Waals surface area contributed by atoms with Crippen molar-refractivity contribution >= 4 is 5.91 Å². The summed E-state index contributed by atoms with van der Waals surface area (Å²) >= 11 is 0. The number of carbonyl (C=O) groups is 1. The van der Waals surface area contributed by atoms with Gasteiger partial charge in [0.2, 0.25) is 11.7 Å². The third kappa shape index (κ3) is 5.94. The van der Waals surface area contributed by atoms with Gasteiger partial charge in [-0.25, -0.2) is 0 Å². The minimum Gasteiger partial charge on any atom is -0.395 e. The number of hydrogen-bond acceptors (Lipinski definition) is 5. The van der Waals surface area contributed by atoms with Gasteiger partial charge in [-0.3, -0.25) is 4.79 Å². The fourth-order valence-corrected chi connectivity index (χ4v) is 2.13. The van der Waals surface area contributed by atoms with Crippen LogP contribution < -0.4 is 0 Å². The topological polar surface area (TPSA) is 79.5 Å². The van der Waals surface area contributed by atoms with Crippen molar-refractivity contribution in [3.63, 3.8) is 0 Å². The molecule has 0 fully saturated rings. The molecule has 148 valence electrons. The number of halogens is 6. The molecule has 0 unspecified atom stereocenters. The van der Waals surface area contributed by atoms with Crippen LogP contribution in [0.1, 0.15) is 17.9 Å². The molecule has 0 saturated heterocycles. The zero-order valence-corrected chi connectivity index (χ0v) is 13.5. The molecule has 6 nitrogen and oxygen atoms in total. The summed E-state index contributed by atoms with van der Waals surface area (Å²) in [5.41, 5.74) is 0.593. The molecule has 0 atom stereocenters. The Balaban J connectivity index is 2.11. The molecule has 12 heteroatoms. The predicted octanol–water partition coefficient (Wildman–Crippen LogP) is 3.03. The lowest BCUT2D eigenvalue weighted by Crippen LogP contribution is -2.35. The van der Waals surface area contributed by atoms with Gasteiger partial charge in [0.05, 0.1) is 6.61 Å². The van der Waals surface area contributed by atoms with Crippen molar-refractivity contribution in [3.05, 3.63) is 35.7 Å². The number of aromatic nitrogens is 2. The molecule has 0 bridgehead atoms. The van der Waals surface area contributed by atoms with E-state index in [0.717, 1.165) is 4.90 Å². The van der Waals surface area contributed by atoms with Crippen LogP contribution in [0.4, 0.5) is 26.3 Å². The monoisotopic (exact) mass is 397 g/mol. The number of aliphatic hydroxyl groups excluding tert-OH is 1. The van der Waals surface area contributed by atoms with Crippen molar-refractivity contribution in [2.75, 3.05) is 13.2 Å². The second kappa shape index (κ2) is 7.94. The molecule has 0 radical (unpaired) electrons. The second-order valence-electron chi connectivity index (χ2n) is 5.45. The van der Waals surface area contributed by atoms with E-state index in [1.807, 2.05) is 0 Å². The molecule has 1 aromatic carbocycles. The Labute approximate surface area is 148 Å². The van der Waals surface area contributed by atoms with Gasteiger partial charge in [0.15, 0.2) is 0 Å². The zero-order chi connectivity index (χ0) is 20.2. The molecule has 0 aliphatic carbocycles. The third-order valence-electron chi connectivity index (χ3n) is 3.33. The summed E-state index contributed by atoms with van der Waals surface area (Å²) in [6.45, 7) is -1.03. The molecule has 0 saturated carbocycles. The Morgan fingerprint density at radius 2 is 1.74 bits per heavy atom. The first-order valence-corrected chi connectivity index (χ1v) is 7.45. The lowest BCUT2D eigenvalue weighted by atomic mass is 10.1. The number of amides is 1. The van der Waals surface area contributed by atoms with Gasteiger partial charge in [-0.05, 0) is 5.56 Å². The van der Waals surface area contributed by atoms with Crippen LogP contribution in [-0.4, -0.2) is 45.4 Å². The Morgan fingerprint density at radius 1 is 1.11 bits per heavy atom. The Hall–Kier alpha value is -2.63. The lowest BCUT2D eigenvalue weighted by Gasteiger charge is -2.22. The van der Waals surface area contributed by atoms with Gasteiger partial charge in [-0.2, -0.15) is 31.3 Å². The standard InChI is InChI=1S/C15H13F6N3O3/c16-14(17,18)7-11(26)24(5-6-25)8-9-1-3-10(4-2-9)12-22-13(27-23-12)15(19,20)21/h1-4,25H,5-8H2. The SMILES string of the molecule is O=C(CC(F)(F)F)N(CCO)Cc1ccc(-c2noc(C(F)(F)F)n2)cc1. The average Bonchev–Trinajstić information content (AvgIpc) is 3.04. The van der Waals surface area contributed by atoms with Crippen LogP contribution in [0.25, 0.3) is 11.4 Å². The summed E-state index contributed by atoms with van der Waals surface area (Å²) in [5, 5.41) is 12.1. The van der Waals surface area contributed by atoms with Gasteiger partial charge in [-0.1, -0.05) is 29.4 Å². The van der Waals surface area contributed by atoms with Gasteiger partial charge in [0.1, 0.15) is 6.42 Å². The van der Waals surface area contributed by atoms with E-state index in [2.05, 4.69) is 14.7 Å². The molecular formula is C15H13F6N3O3. The molecule has 1 heterocycles. The molecule has 1 N–H and O–H groups in total. The number of carbonyl (C=O) groups excluding carboxylic acids is 1. The molecule has 2 rings (SSSR count). The molecule has 2 aromatic rings. The smallest absolute Gasteiger partial charge is 0.395 e. The van der Waals surface area contributed by atoms with Gasteiger partial charge in [-0.15, -0.1) is 0 Å². The predicted molar refractivity (Wildman–Crippen MR) is 77.9 cm³/mol. The second-order valence-corrected chi connectivity index (χ2v) is 5.45. The highest BCUT2D eigenvalue weighted by Gasteiger charge is 2.38. The average molecular weight is 397 g/mol. The summed E-state index contributed by atoms with van der Waals surface area (Å²) in [4.78, 5) is 15.7. The van der Waals surface area contributed by atoms with E-state index in [0.29, 0.717) is 5.56 Å². The maximum atomic E-state index is 12.5. The molecule has 0 spiro atoms. The Morgan fingerprint density at radius 3 is 2.22 bits per heavy atom. The quantitative estimate of drug-likeness (QED) is 0.758. The maximum absolute atomic E-state index is 12.5. The lowest BCUT2D eigenvalue weighted by molar-refractivity contribution is -0.162. The Bertz CT molecular complexity index is 770. The van der Waals surface area contributed by atoms with Crippen LogP contribution in [-0.2, 0) is 17.5 Å². The summed E-state index contributed by atoms with van der Waals surface area (Å²) in [5.74, 6) is -3.02. The summed E-state index contributed by atoms with van der Waals surface area (Å²) in [6, 6.07) is 5.46. The van der Waals surface area contributed by atoms with Crippen molar-refractivity contribution in [2.45, 2.75) is 25.3 Å². The first-order valence-electron chi connectivity index (χ1n) is 7.45. The van der Waals surface area contributed by atoms with E-state index < -0.39 is 37.2 Å². The van der Waals surface area contributed by atoms with Crippen LogP contribution in [0, 0.1) is 0 Å². The summed E-state index contributed by atoms with van der Waals surface area (Å²) in [7, 11) is 0. The third-order valence-corrected chi connectivity index (χ3v) is 3.33. The maximum Gasteiger partial charge on any atom is 0.471 e. The molecule has 0 aliphatic heterocycles. The van der Waals surface area contributed by atoms with Gasteiger partial charge >= 0.3 is 18.2 Å². The minimum atomic E-state index is -4.78. The van der Waals surface area contributed by atoms with E-state index in [1.54, 1.807) is 0 Å². The van der Waals surface area contributed by atoms with Gasteiger partial charge < -0.3 is 14.5 Å². The van der Waals surface area contributed by atoms with Gasteiger partial charge in [0, 0.05) is 18.7 Å². The van der Waals surface area contributed by atoms with Crippen molar-refractivity contribution < 1.29 is 40.8 Å². The number of nitrogens with zero attached hydrogens (tertiary/aromatic N) is 3. The van der Waals surface area contributed by atoms with Crippen LogP contribution in [0.2, 0.25) is 0 Å². The summed E-state index contributed by atoms with van der Waals surface area (Å²) < 4.78 is 78.6. The van der Waals surface area contributed by atoms with E-state index in [9.17, 15) is 31.1 Å².